The second-order valence-corrected chi connectivity index (χ2v) is 4.92. The quantitative estimate of drug-likeness (QED) is 0.863. The molecule has 0 amide bonds. The molecule has 0 aromatic carbocycles. The highest BCUT2D eigenvalue weighted by Gasteiger charge is 2.36. The minimum Gasteiger partial charge on any atom is -0.356 e. The lowest BCUT2D eigenvalue weighted by atomic mass is 10.1. The summed E-state index contributed by atoms with van der Waals surface area (Å²) in [4.78, 5) is 3.61. The molecular weight excluding hydrogens is 263 g/mol. The van der Waals surface area contributed by atoms with E-state index in [9.17, 15) is 13.2 Å². The summed E-state index contributed by atoms with van der Waals surface area (Å²) in [5.74, 6) is 0.296. The van der Waals surface area contributed by atoms with Gasteiger partial charge in [0.15, 0.2) is 5.69 Å². The van der Waals surface area contributed by atoms with Crippen molar-refractivity contribution in [1.29, 1.82) is 0 Å². The average Bonchev–Trinajstić information content (AvgIpc) is 2.96. The molecule has 0 radical (unpaired) electrons. The fourth-order valence-electron chi connectivity index (χ4n) is 2.15. The van der Waals surface area contributed by atoms with E-state index >= 15 is 0 Å². The number of imidazole rings is 1. The normalized spacial score (nSPS) is 19.4. The van der Waals surface area contributed by atoms with Gasteiger partial charge >= 0.3 is 6.18 Å². The molecule has 3 nitrogen and oxygen atoms in total. The minimum absolute atomic E-state index is 0.0592. The molecule has 1 atom stereocenters. The maximum Gasteiger partial charge on any atom is 0.434 e. The number of nitrogens with one attached hydrogen (secondary N) is 1. The van der Waals surface area contributed by atoms with Crippen molar-refractivity contribution in [2.24, 2.45) is 0 Å². The van der Waals surface area contributed by atoms with Crippen LogP contribution in [0, 0.1) is 0 Å². The van der Waals surface area contributed by atoms with Crippen LogP contribution in [0.5, 0.6) is 0 Å². The van der Waals surface area contributed by atoms with Crippen molar-refractivity contribution in [3.8, 4) is 0 Å². The van der Waals surface area contributed by atoms with E-state index in [0.717, 1.165) is 18.2 Å². The fourth-order valence-corrected chi connectivity index (χ4v) is 2.86. The first-order valence-electron chi connectivity index (χ1n) is 5.48. The summed E-state index contributed by atoms with van der Waals surface area (Å²) in [6.07, 6.45) is -2.55. The van der Waals surface area contributed by atoms with Gasteiger partial charge in [0, 0.05) is 12.7 Å². The number of aromatic nitrogens is 2. The molecule has 2 aromatic rings. The first kappa shape index (κ1) is 11.6. The van der Waals surface area contributed by atoms with E-state index in [1.807, 2.05) is 16.8 Å². The van der Waals surface area contributed by atoms with Gasteiger partial charge in [0.1, 0.15) is 0 Å². The first-order valence-corrected chi connectivity index (χ1v) is 6.42. The van der Waals surface area contributed by atoms with Gasteiger partial charge in [0.05, 0.1) is 6.04 Å². The van der Waals surface area contributed by atoms with Crippen LogP contribution in [0.15, 0.2) is 23.0 Å². The van der Waals surface area contributed by atoms with Gasteiger partial charge in [-0.15, -0.1) is 0 Å². The molecule has 2 aromatic heterocycles. The van der Waals surface area contributed by atoms with Crippen molar-refractivity contribution < 1.29 is 13.2 Å². The van der Waals surface area contributed by atoms with Gasteiger partial charge in [-0.05, 0) is 28.8 Å². The summed E-state index contributed by atoms with van der Waals surface area (Å²) >= 11 is 1.54. The number of nitrogens with zero attached hydrogens (tertiary/aromatic N) is 2. The highest BCUT2D eigenvalue weighted by atomic mass is 32.1. The SMILES string of the molecule is FC(F)(F)c1cn2c(n1)NCCC2c1ccsc1. The van der Waals surface area contributed by atoms with Crippen LogP contribution in [0.25, 0.3) is 0 Å². The lowest BCUT2D eigenvalue weighted by Gasteiger charge is -2.25. The van der Waals surface area contributed by atoms with Crippen molar-refractivity contribution in [2.75, 3.05) is 11.9 Å². The molecule has 1 unspecified atom stereocenters. The Morgan fingerprint density at radius 1 is 1.44 bits per heavy atom. The number of halogens is 3. The van der Waals surface area contributed by atoms with E-state index in [1.165, 1.54) is 0 Å². The Labute approximate surface area is 105 Å². The van der Waals surface area contributed by atoms with Gasteiger partial charge in [0.2, 0.25) is 5.95 Å². The molecule has 0 fully saturated rings. The summed E-state index contributed by atoms with van der Waals surface area (Å²) < 4.78 is 39.5. The Morgan fingerprint density at radius 3 is 2.94 bits per heavy atom. The third-order valence-corrected chi connectivity index (χ3v) is 3.69. The van der Waals surface area contributed by atoms with E-state index in [4.69, 9.17) is 0 Å². The van der Waals surface area contributed by atoms with Gasteiger partial charge in [-0.1, -0.05) is 0 Å². The Kier molecular flexibility index (Phi) is 2.58. The smallest absolute Gasteiger partial charge is 0.356 e. The minimum atomic E-state index is -4.40. The fraction of sp³-hybridized carbons (Fsp3) is 0.364. The molecule has 1 N–H and O–H groups in total. The lowest BCUT2D eigenvalue weighted by Crippen LogP contribution is -2.22. The summed E-state index contributed by atoms with van der Waals surface area (Å²) in [5.41, 5.74) is 0.195. The van der Waals surface area contributed by atoms with Gasteiger partial charge in [-0.2, -0.15) is 24.5 Å². The van der Waals surface area contributed by atoms with Crippen LogP contribution < -0.4 is 5.32 Å². The zero-order valence-electron chi connectivity index (χ0n) is 9.24. The maximum absolute atomic E-state index is 12.6. The number of hydrogen-bond donors (Lipinski definition) is 1. The van der Waals surface area contributed by atoms with Crippen molar-refractivity contribution in [2.45, 2.75) is 18.6 Å². The topological polar surface area (TPSA) is 29.9 Å². The molecule has 1 aliphatic rings. The summed E-state index contributed by atoms with van der Waals surface area (Å²) in [5, 5.41) is 6.80. The van der Waals surface area contributed by atoms with E-state index in [2.05, 4.69) is 10.3 Å². The predicted octanol–water partition coefficient (Wildman–Crippen LogP) is 3.37. The van der Waals surface area contributed by atoms with Crippen molar-refractivity contribution >= 4 is 17.3 Å². The number of alkyl halides is 3. The number of rotatable bonds is 1. The van der Waals surface area contributed by atoms with Crippen LogP contribution in [0.4, 0.5) is 19.1 Å². The first-order chi connectivity index (χ1) is 8.55. The molecule has 0 spiro atoms. The third kappa shape index (κ3) is 1.88. The summed E-state index contributed by atoms with van der Waals surface area (Å²) in [6, 6.07) is 1.88. The molecule has 3 heterocycles. The van der Waals surface area contributed by atoms with Crippen LogP contribution in [0.1, 0.15) is 23.7 Å². The van der Waals surface area contributed by atoms with E-state index in [1.54, 1.807) is 15.9 Å². The maximum atomic E-state index is 12.6. The van der Waals surface area contributed by atoms with Crippen LogP contribution in [0.3, 0.4) is 0 Å². The Morgan fingerprint density at radius 2 is 2.28 bits per heavy atom. The number of anilines is 1. The largest absolute Gasteiger partial charge is 0.434 e. The molecule has 96 valence electrons. The Hall–Kier alpha value is -1.50. The van der Waals surface area contributed by atoms with E-state index in [-0.39, 0.29) is 6.04 Å². The van der Waals surface area contributed by atoms with Gasteiger partial charge in [-0.3, -0.25) is 0 Å². The summed E-state index contributed by atoms with van der Waals surface area (Å²) in [6.45, 7) is 0.634. The molecule has 0 bridgehead atoms. The molecule has 0 saturated carbocycles. The standard InChI is InChI=1S/C11H10F3N3S/c12-11(13,14)9-5-17-8(7-2-4-18-6-7)1-3-15-10(17)16-9/h2,4-6,8H,1,3H2,(H,15,16). The highest BCUT2D eigenvalue weighted by molar-refractivity contribution is 7.07. The number of hydrogen-bond acceptors (Lipinski definition) is 3. The second-order valence-electron chi connectivity index (χ2n) is 4.14. The number of fused-ring (bicyclic) bond motifs is 1. The Balaban J connectivity index is 2.03. The lowest BCUT2D eigenvalue weighted by molar-refractivity contribution is -0.140. The zero-order valence-corrected chi connectivity index (χ0v) is 10.1. The van der Waals surface area contributed by atoms with Crippen molar-refractivity contribution in [1.82, 2.24) is 9.55 Å². The van der Waals surface area contributed by atoms with E-state index in [0.29, 0.717) is 12.5 Å². The predicted molar refractivity (Wildman–Crippen MR) is 62.8 cm³/mol. The van der Waals surface area contributed by atoms with Gasteiger partial charge < -0.3 is 9.88 Å². The molecular formula is C11H10F3N3S. The van der Waals surface area contributed by atoms with Gasteiger partial charge in [-0.25, -0.2) is 4.98 Å². The van der Waals surface area contributed by atoms with E-state index < -0.39 is 11.9 Å². The van der Waals surface area contributed by atoms with Crippen LogP contribution in [0.2, 0.25) is 0 Å². The van der Waals surface area contributed by atoms with Crippen molar-refractivity contribution in [3.05, 3.63) is 34.3 Å². The van der Waals surface area contributed by atoms with Crippen LogP contribution >= 0.6 is 11.3 Å². The van der Waals surface area contributed by atoms with Gasteiger partial charge in [0.25, 0.3) is 0 Å². The number of thiophene rings is 1. The third-order valence-electron chi connectivity index (χ3n) is 2.99. The zero-order chi connectivity index (χ0) is 12.8. The van der Waals surface area contributed by atoms with Crippen molar-refractivity contribution in [3.63, 3.8) is 0 Å². The molecule has 1 aliphatic heterocycles. The van der Waals surface area contributed by atoms with Crippen LogP contribution in [-0.2, 0) is 6.18 Å². The average molecular weight is 273 g/mol. The monoisotopic (exact) mass is 273 g/mol. The second kappa shape index (κ2) is 4.01. The Bertz CT molecular complexity index is 544. The molecule has 0 saturated heterocycles. The molecule has 3 rings (SSSR count). The van der Waals surface area contributed by atoms with Crippen LogP contribution in [-0.4, -0.2) is 16.1 Å². The molecule has 0 aliphatic carbocycles. The molecule has 7 heteroatoms. The highest BCUT2D eigenvalue weighted by Crippen LogP contribution is 2.35. The summed E-state index contributed by atoms with van der Waals surface area (Å²) in [7, 11) is 0. The molecule has 18 heavy (non-hydrogen) atoms.